The van der Waals surface area contributed by atoms with Crippen molar-refractivity contribution in [1.82, 2.24) is 4.90 Å². The van der Waals surface area contributed by atoms with Crippen molar-refractivity contribution < 1.29 is 14.7 Å². The van der Waals surface area contributed by atoms with Crippen molar-refractivity contribution in [3.05, 3.63) is 35.9 Å². The van der Waals surface area contributed by atoms with E-state index in [1.807, 2.05) is 23.1 Å². The average molecular weight is 360 g/mol. The van der Waals surface area contributed by atoms with Crippen LogP contribution in [0.3, 0.4) is 0 Å². The second kappa shape index (κ2) is 7.81. The molecule has 0 bridgehead atoms. The second-order valence-corrected chi connectivity index (χ2v) is 9.23. The van der Waals surface area contributed by atoms with E-state index in [1.165, 1.54) is 5.56 Å². The summed E-state index contributed by atoms with van der Waals surface area (Å²) in [7, 11) is 0. The van der Waals surface area contributed by atoms with Gasteiger partial charge in [0.1, 0.15) is 0 Å². The van der Waals surface area contributed by atoms with E-state index in [1.54, 1.807) is 0 Å². The molecule has 4 nitrogen and oxygen atoms in total. The lowest BCUT2D eigenvalue weighted by Gasteiger charge is -2.40. The maximum atomic E-state index is 13.4. The molecule has 2 rings (SSSR count). The van der Waals surface area contributed by atoms with Gasteiger partial charge >= 0.3 is 5.97 Å². The normalized spacial score (nSPS) is 23.7. The number of carbonyl (C=O) groups excluding carboxylic acids is 1. The van der Waals surface area contributed by atoms with Crippen LogP contribution in [-0.2, 0) is 16.0 Å². The van der Waals surface area contributed by atoms with Crippen LogP contribution in [0.15, 0.2) is 30.3 Å². The lowest BCUT2D eigenvalue weighted by Crippen LogP contribution is -2.43. The Labute approximate surface area is 157 Å². The van der Waals surface area contributed by atoms with Gasteiger partial charge in [0, 0.05) is 13.1 Å². The Morgan fingerprint density at radius 1 is 1.27 bits per heavy atom. The number of likely N-dealkylation sites (tertiary alicyclic amines) is 1. The first-order valence-electron chi connectivity index (χ1n) is 9.61. The molecule has 144 valence electrons. The van der Waals surface area contributed by atoms with Gasteiger partial charge < -0.3 is 10.0 Å². The number of rotatable bonds is 7. The van der Waals surface area contributed by atoms with E-state index in [0.29, 0.717) is 19.5 Å². The van der Waals surface area contributed by atoms with Crippen LogP contribution in [0.1, 0.15) is 53.0 Å². The summed E-state index contributed by atoms with van der Waals surface area (Å²) < 4.78 is 0. The minimum atomic E-state index is -0.877. The van der Waals surface area contributed by atoms with E-state index in [2.05, 4.69) is 46.8 Å². The van der Waals surface area contributed by atoms with Gasteiger partial charge in [-0.3, -0.25) is 9.59 Å². The van der Waals surface area contributed by atoms with Crippen molar-refractivity contribution in [2.24, 2.45) is 22.7 Å². The number of benzene rings is 1. The Hall–Kier alpha value is -1.84. The summed E-state index contributed by atoms with van der Waals surface area (Å²) >= 11 is 0. The number of carboxylic acids is 1. The van der Waals surface area contributed by atoms with E-state index >= 15 is 0 Å². The maximum Gasteiger partial charge on any atom is 0.304 e. The minimum Gasteiger partial charge on any atom is -0.481 e. The third-order valence-electron chi connectivity index (χ3n) is 5.58. The summed E-state index contributed by atoms with van der Waals surface area (Å²) in [6.07, 6.45) is 1.35. The Morgan fingerprint density at radius 2 is 1.88 bits per heavy atom. The molecule has 26 heavy (non-hydrogen) atoms. The van der Waals surface area contributed by atoms with Crippen LogP contribution in [0.5, 0.6) is 0 Å². The van der Waals surface area contributed by atoms with Crippen molar-refractivity contribution in [3.8, 4) is 0 Å². The molecule has 1 heterocycles. The summed E-state index contributed by atoms with van der Waals surface area (Å²) in [5, 5.41) is 9.58. The molecule has 2 atom stereocenters. The number of hydrogen-bond donors (Lipinski definition) is 1. The fraction of sp³-hybridized carbons (Fsp3) is 0.636. The van der Waals surface area contributed by atoms with Crippen LogP contribution >= 0.6 is 0 Å². The van der Waals surface area contributed by atoms with E-state index in [-0.39, 0.29) is 29.6 Å². The van der Waals surface area contributed by atoms with Gasteiger partial charge in [-0.2, -0.15) is 0 Å². The lowest BCUT2D eigenvalue weighted by atomic mass is 9.61. The summed E-state index contributed by atoms with van der Waals surface area (Å²) in [4.78, 5) is 27.0. The summed E-state index contributed by atoms with van der Waals surface area (Å²) in [6.45, 7) is 11.8. The van der Waals surface area contributed by atoms with Crippen LogP contribution < -0.4 is 0 Å². The van der Waals surface area contributed by atoms with Gasteiger partial charge in [-0.25, -0.2) is 0 Å². The van der Waals surface area contributed by atoms with Crippen LogP contribution in [0.2, 0.25) is 0 Å². The molecule has 1 amide bonds. The van der Waals surface area contributed by atoms with E-state index < -0.39 is 11.4 Å². The van der Waals surface area contributed by atoms with Gasteiger partial charge in [0.25, 0.3) is 0 Å². The Balaban J connectivity index is 2.30. The molecular weight excluding hydrogens is 326 g/mol. The van der Waals surface area contributed by atoms with Crippen molar-refractivity contribution in [3.63, 3.8) is 0 Å². The largest absolute Gasteiger partial charge is 0.481 e. The number of amides is 1. The highest BCUT2D eigenvalue weighted by Crippen LogP contribution is 2.52. The highest BCUT2D eigenvalue weighted by Gasteiger charge is 2.58. The molecule has 1 saturated heterocycles. The fourth-order valence-corrected chi connectivity index (χ4v) is 4.65. The first kappa shape index (κ1) is 20.5. The molecule has 0 aliphatic carbocycles. The monoisotopic (exact) mass is 359 g/mol. The number of carboxylic acid groups (broad SMARTS) is 1. The molecule has 1 aromatic carbocycles. The Bertz CT molecular complexity index is 633. The van der Waals surface area contributed by atoms with E-state index in [9.17, 15) is 14.7 Å². The van der Waals surface area contributed by atoms with Crippen LogP contribution in [0, 0.1) is 22.7 Å². The SMILES string of the molecule is CC(C)CC1(CC(=O)O)C(=O)N(CCc2ccccc2)CC1C(C)(C)C. The van der Waals surface area contributed by atoms with Gasteiger partial charge in [0.05, 0.1) is 11.8 Å². The third kappa shape index (κ3) is 4.46. The van der Waals surface area contributed by atoms with Gasteiger partial charge in [-0.1, -0.05) is 65.0 Å². The lowest BCUT2D eigenvalue weighted by molar-refractivity contribution is -0.150. The van der Waals surface area contributed by atoms with E-state index in [0.717, 1.165) is 6.42 Å². The number of hydrogen-bond acceptors (Lipinski definition) is 2. The fourth-order valence-electron chi connectivity index (χ4n) is 4.65. The van der Waals surface area contributed by atoms with Gasteiger partial charge in [-0.05, 0) is 35.7 Å². The first-order valence-corrected chi connectivity index (χ1v) is 9.61. The zero-order valence-electron chi connectivity index (χ0n) is 16.8. The van der Waals surface area contributed by atoms with Gasteiger partial charge in [0.2, 0.25) is 5.91 Å². The molecule has 0 aromatic heterocycles. The molecule has 1 N–H and O–H groups in total. The number of carbonyl (C=O) groups is 2. The molecule has 1 fully saturated rings. The van der Waals surface area contributed by atoms with Crippen LogP contribution in [0.4, 0.5) is 0 Å². The van der Waals surface area contributed by atoms with Crippen molar-refractivity contribution >= 4 is 11.9 Å². The Kier molecular flexibility index (Phi) is 6.15. The number of aliphatic carboxylic acids is 1. The highest BCUT2D eigenvalue weighted by molar-refractivity contribution is 5.89. The van der Waals surface area contributed by atoms with Crippen LogP contribution in [-0.4, -0.2) is 35.0 Å². The zero-order valence-corrected chi connectivity index (χ0v) is 16.8. The van der Waals surface area contributed by atoms with Crippen molar-refractivity contribution in [2.75, 3.05) is 13.1 Å². The molecular formula is C22H33NO3. The smallest absolute Gasteiger partial charge is 0.304 e. The van der Waals surface area contributed by atoms with Gasteiger partial charge in [0.15, 0.2) is 0 Å². The number of nitrogens with zero attached hydrogens (tertiary/aromatic N) is 1. The zero-order chi connectivity index (χ0) is 19.5. The predicted octanol–water partition coefficient (Wildman–Crippen LogP) is 4.24. The molecule has 0 spiro atoms. The molecule has 1 aliphatic rings. The van der Waals surface area contributed by atoms with Crippen molar-refractivity contribution in [2.45, 2.75) is 53.9 Å². The van der Waals surface area contributed by atoms with Crippen molar-refractivity contribution in [1.29, 1.82) is 0 Å². The van der Waals surface area contributed by atoms with Gasteiger partial charge in [-0.15, -0.1) is 0 Å². The Morgan fingerprint density at radius 3 is 2.38 bits per heavy atom. The second-order valence-electron chi connectivity index (χ2n) is 9.23. The predicted molar refractivity (Wildman–Crippen MR) is 104 cm³/mol. The third-order valence-corrected chi connectivity index (χ3v) is 5.58. The molecule has 0 radical (unpaired) electrons. The molecule has 4 heteroatoms. The molecule has 0 saturated carbocycles. The summed E-state index contributed by atoms with van der Waals surface area (Å²) in [6, 6.07) is 10.1. The minimum absolute atomic E-state index is 0.0319. The standard InChI is InChI=1S/C22H33NO3/c1-16(2)13-22(14-19(24)25)18(21(3,4)5)15-23(20(22)26)12-11-17-9-7-6-8-10-17/h6-10,16,18H,11-15H2,1-5H3,(H,24,25). The average Bonchev–Trinajstić information content (AvgIpc) is 2.78. The first-order chi connectivity index (χ1) is 12.1. The topological polar surface area (TPSA) is 57.6 Å². The molecule has 1 aromatic rings. The maximum absolute atomic E-state index is 13.4. The van der Waals surface area contributed by atoms with Crippen LogP contribution in [0.25, 0.3) is 0 Å². The summed E-state index contributed by atoms with van der Waals surface area (Å²) in [5.74, 6) is -0.531. The molecule has 1 aliphatic heterocycles. The summed E-state index contributed by atoms with van der Waals surface area (Å²) in [5.41, 5.74) is 0.281. The highest BCUT2D eigenvalue weighted by atomic mass is 16.4. The van der Waals surface area contributed by atoms with E-state index in [4.69, 9.17) is 0 Å². The molecule has 2 unspecified atom stereocenters. The quantitative estimate of drug-likeness (QED) is 0.792.